The van der Waals surface area contributed by atoms with Gasteiger partial charge in [-0.1, -0.05) is 22.4 Å². The van der Waals surface area contributed by atoms with Gasteiger partial charge in [0.2, 0.25) is 5.91 Å². The Kier molecular flexibility index (Phi) is 3.72. The lowest BCUT2D eigenvalue weighted by Gasteiger charge is -2.24. The van der Waals surface area contributed by atoms with Crippen LogP contribution in [0.2, 0.25) is 0 Å². The Morgan fingerprint density at radius 3 is 2.82 bits per heavy atom. The summed E-state index contributed by atoms with van der Waals surface area (Å²) in [6.07, 6.45) is 4.24. The molecule has 0 radical (unpaired) electrons. The summed E-state index contributed by atoms with van der Waals surface area (Å²) in [6.45, 7) is 1.93. The van der Waals surface area contributed by atoms with Crippen LogP contribution in [0.25, 0.3) is 0 Å². The van der Waals surface area contributed by atoms with Crippen molar-refractivity contribution in [3.05, 3.63) is 22.2 Å². The van der Waals surface area contributed by atoms with Crippen LogP contribution in [-0.4, -0.2) is 5.91 Å². The first-order chi connectivity index (χ1) is 8.06. The minimum absolute atomic E-state index is 0.0684. The van der Waals surface area contributed by atoms with E-state index in [1.54, 1.807) is 0 Å². The quantitative estimate of drug-likeness (QED) is 0.839. The van der Waals surface area contributed by atoms with Gasteiger partial charge in [0.1, 0.15) is 0 Å². The molecule has 0 unspecified atom stereocenters. The molecule has 2 rings (SSSR count). The summed E-state index contributed by atoms with van der Waals surface area (Å²) in [5.74, 6) is 0.642. The van der Waals surface area contributed by atoms with Crippen molar-refractivity contribution in [1.82, 2.24) is 0 Å². The number of anilines is 2. The highest BCUT2D eigenvalue weighted by atomic mass is 79.9. The van der Waals surface area contributed by atoms with E-state index in [-0.39, 0.29) is 5.91 Å². The maximum Gasteiger partial charge on any atom is 0.224 e. The molecule has 92 valence electrons. The number of hydrogen-bond donors (Lipinski definition) is 2. The number of carbonyl (C=O) groups excluding carboxylic acids is 1. The molecule has 1 saturated carbocycles. The minimum atomic E-state index is 0.0684. The third kappa shape index (κ3) is 3.00. The number of nitrogen functional groups attached to an aromatic ring is 1. The first-order valence-electron chi connectivity index (χ1n) is 5.91. The highest BCUT2D eigenvalue weighted by Crippen LogP contribution is 2.31. The number of rotatable bonds is 3. The van der Waals surface area contributed by atoms with Gasteiger partial charge in [-0.2, -0.15) is 0 Å². The lowest BCUT2D eigenvalue weighted by molar-refractivity contribution is -0.117. The van der Waals surface area contributed by atoms with Gasteiger partial charge >= 0.3 is 0 Å². The normalized spacial score (nSPS) is 15.4. The molecule has 0 saturated heterocycles. The Morgan fingerprint density at radius 2 is 2.24 bits per heavy atom. The molecular weight excluding hydrogens is 280 g/mol. The predicted molar refractivity (Wildman–Crippen MR) is 73.9 cm³/mol. The van der Waals surface area contributed by atoms with Crippen LogP contribution >= 0.6 is 15.9 Å². The molecule has 0 aliphatic heterocycles. The number of carbonyl (C=O) groups is 1. The van der Waals surface area contributed by atoms with E-state index < -0.39 is 0 Å². The first-order valence-corrected chi connectivity index (χ1v) is 6.71. The summed E-state index contributed by atoms with van der Waals surface area (Å²) in [7, 11) is 0. The molecule has 0 spiro atoms. The van der Waals surface area contributed by atoms with Gasteiger partial charge in [0, 0.05) is 10.9 Å². The van der Waals surface area contributed by atoms with Gasteiger partial charge in [-0.3, -0.25) is 4.79 Å². The standard InChI is InChI=1S/C13H17BrN2O/c1-8-5-10(14)7-11(13(8)15)16-12(17)6-9-3-2-4-9/h5,7,9H,2-4,6,15H2,1H3,(H,16,17). The molecule has 0 bridgehead atoms. The molecule has 17 heavy (non-hydrogen) atoms. The summed E-state index contributed by atoms with van der Waals surface area (Å²) in [6, 6.07) is 3.79. The van der Waals surface area contributed by atoms with Crippen molar-refractivity contribution in [3.63, 3.8) is 0 Å². The van der Waals surface area contributed by atoms with Crippen LogP contribution in [0.3, 0.4) is 0 Å². The Balaban J connectivity index is 2.04. The fourth-order valence-electron chi connectivity index (χ4n) is 2.02. The topological polar surface area (TPSA) is 55.1 Å². The SMILES string of the molecule is Cc1cc(Br)cc(NC(=O)CC2CCC2)c1N. The van der Waals surface area contributed by atoms with E-state index in [0.29, 0.717) is 23.7 Å². The monoisotopic (exact) mass is 296 g/mol. The molecule has 0 aromatic heterocycles. The molecule has 1 fully saturated rings. The van der Waals surface area contributed by atoms with Gasteiger partial charge in [0.25, 0.3) is 0 Å². The first kappa shape index (κ1) is 12.4. The molecule has 1 aliphatic rings. The van der Waals surface area contributed by atoms with E-state index in [9.17, 15) is 4.79 Å². The average Bonchev–Trinajstić information content (AvgIpc) is 2.19. The second-order valence-corrected chi connectivity index (χ2v) is 5.65. The summed E-state index contributed by atoms with van der Waals surface area (Å²) < 4.78 is 0.933. The van der Waals surface area contributed by atoms with E-state index in [1.807, 2.05) is 19.1 Å². The summed E-state index contributed by atoms with van der Waals surface area (Å²) in [5, 5.41) is 2.90. The van der Waals surface area contributed by atoms with Crippen LogP contribution < -0.4 is 11.1 Å². The Morgan fingerprint density at radius 1 is 1.53 bits per heavy atom. The molecule has 1 aromatic carbocycles. The van der Waals surface area contributed by atoms with Crippen LogP contribution in [0.5, 0.6) is 0 Å². The van der Waals surface area contributed by atoms with Gasteiger partial charge in [0.05, 0.1) is 11.4 Å². The number of hydrogen-bond acceptors (Lipinski definition) is 2. The predicted octanol–water partition coefficient (Wildman–Crippen LogP) is 3.47. The van der Waals surface area contributed by atoms with Crippen molar-refractivity contribution in [1.29, 1.82) is 0 Å². The molecular formula is C13H17BrN2O. The zero-order chi connectivity index (χ0) is 12.4. The molecule has 0 heterocycles. The van der Waals surface area contributed by atoms with Crippen molar-refractivity contribution >= 4 is 33.2 Å². The lowest BCUT2D eigenvalue weighted by atomic mass is 9.83. The van der Waals surface area contributed by atoms with Gasteiger partial charge < -0.3 is 11.1 Å². The second kappa shape index (κ2) is 5.08. The van der Waals surface area contributed by atoms with Crippen molar-refractivity contribution in [2.75, 3.05) is 11.1 Å². The van der Waals surface area contributed by atoms with Crippen LogP contribution in [0.15, 0.2) is 16.6 Å². The molecule has 1 aliphatic carbocycles. The molecule has 3 N–H and O–H groups in total. The number of halogens is 1. The lowest BCUT2D eigenvalue weighted by Crippen LogP contribution is -2.21. The van der Waals surface area contributed by atoms with E-state index in [0.717, 1.165) is 10.0 Å². The van der Waals surface area contributed by atoms with Crippen LogP contribution in [0.4, 0.5) is 11.4 Å². The highest BCUT2D eigenvalue weighted by Gasteiger charge is 2.21. The van der Waals surface area contributed by atoms with Crippen molar-refractivity contribution in [2.45, 2.75) is 32.6 Å². The van der Waals surface area contributed by atoms with Crippen LogP contribution in [-0.2, 0) is 4.79 Å². The van der Waals surface area contributed by atoms with E-state index in [4.69, 9.17) is 5.73 Å². The van der Waals surface area contributed by atoms with Crippen LogP contribution in [0.1, 0.15) is 31.2 Å². The fraction of sp³-hybridized carbons (Fsp3) is 0.462. The molecule has 1 amide bonds. The number of benzene rings is 1. The fourth-order valence-corrected chi connectivity index (χ4v) is 2.59. The highest BCUT2D eigenvalue weighted by molar-refractivity contribution is 9.10. The van der Waals surface area contributed by atoms with E-state index in [1.165, 1.54) is 19.3 Å². The van der Waals surface area contributed by atoms with E-state index in [2.05, 4.69) is 21.2 Å². The van der Waals surface area contributed by atoms with Gasteiger partial charge in [-0.15, -0.1) is 0 Å². The maximum atomic E-state index is 11.8. The van der Waals surface area contributed by atoms with Gasteiger partial charge in [-0.05, 0) is 43.4 Å². The molecule has 0 atom stereocenters. The molecule has 1 aromatic rings. The molecule has 3 nitrogen and oxygen atoms in total. The summed E-state index contributed by atoms with van der Waals surface area (Å²) in [5.41, 5.74) is 8.27. The largest absolute Gasteiger partial charge is 0.397 e. The Labute approximate surface area is 110 Å². The minimum Gasteiger partial charge on any atom is -0.397 e. The summed E-state index contributed by atoms with van der Waals surface area (Å²) >= 11 is 3.41. The Bertz CT molecular complexity index is 441. The summed E-state index contributed by atoms with van der Waals surface area (Å²) in [4.78, 5) is 11.8. The maximum absolute atomic E-state index is 11.8. The Hall–Kier alpha value is -1.03. The third-order valence-corrected chi connectivity index (χ3v) is 3.78. The van der Waals surface area contributed by atoms with Crippen LogP contribution in [0, 0.1) is 12.8 Å². The second-order valence-electron chi connectivity index (χ2n) is 4.73. The number of nitrogens with one attached hydrogen (secondary N) is 1. The average molecular weight is 297 g/mol. The smallest absolute Gasteiger partial charge is 0.224 e. The van der Waals surface area contributed by atoms with Gasteiger partial charge in [-0.25, -0.2) is 0 Å². The zero-order valence-electron chi connectivity index (χ0n) is 9.92. The third-order valence-electron chi connectivity index (χ3n) is 3.32. The van der Waals surface area contributed by atoms with Gasteiger partial charge in [0.15, 0.2) is 0 Å². The van der Waals surface area contributed by atoms with Crippen molar-refractivity contribution in [2.24, 2.45) is 5.92 Å². The van der Waals surface area contributed by atoms with Crippen molar-refractivity contribution in [3.8, 4) is 0 Å². The number of aryl methyl sites for hydroxylation is 1. The number of nitrogens with two attached hydrogens (primary N) is 1. The van der Waals surface area contributed by atoms with E-state index >= 15 is 0 Å². The zero-order valence-corrected chi connectivity index (χ0v) is 11.5. The molecule has 4 heteroatoms. The van der Waals surface area contributed by atoms with Crippen molar-refractivity contribution < 1.29 is 4.79 Å². The number of amides is 1.